The van der Waals surface area contributed by atoms with Gasteiger partial charge >= 0.3 is 0 Å². The van der Waals surface area contributed by atoms with Crippen LogP contribution in [0, 0.1) is 0 Å². The average Bonchev–Trinajstić information content (AvgIpc) is 2.74. The molecule has 2 fully saturated rings. The summed E-state index contributed by atoms with van der Waals surface area (Å²) in [6, 6.07) is 0. The molecular formula is C8H15NO. The highest BCUT2D eigenvalue weighted by Gasteiger charge is 2.26. The number of nitrogens with one attached hydrogen (secondary N) is 1. The topological polar surface area (TPSA) is 21.3 Å². The third-order valence-electron chi connectivity index (χ3n) is 2.20. The minimum atomic E-state index is 0.578. The fraction of sp³-hybridized carbons (Fsp3) is 1.00. The molecule has 0 aromatic rings. The summed E-state index contributed by atoms with van der Waals surface area (Å²) in [4.78, 5) is 0. The van der Waals surface area contributed by atoms with E-state index in [-0.39, 0.29) is 0 Å². The van der Waals surface area contributed by atoms with Crippen LogP contribution in [-0.4, -0.2) is 25.3 Å². The molecule has 0 aromatic carbocycles. The van der Waals surface area contributed by atoms with Crippen molar-refractivity contribution >= 4 is 0 Å². The molecule has 0 bridgehead atoms. The van der Waals surface area contributed by atoms with Gasteiger partial charge in [-0.05, 0) is 38.8 Å². The van der Waals surface area contributed by atoms with E-state index in [0.29, 0.717) is 12.2 Å². The Morgan fingerprint density at radius 2 is 1.50 bits per heavy atom. The van der Waals surface area contributed by atoms with Gasteiger partial charge in [-0.1, -0.05) is 0 Å². The van der Waals surface area contributed by atoms with E-state index < -0.39 is 0 Å². The molecule has 1 N–H and O–H groups in total. The Morgan fingerprint density at radius 1 is 0.900 bits per heavy atom. The van der Waals surface area contributed by atoms with Crippen LogP contribution in [0.4, 0.5) is 0 Å². The lowest BCUT2D eigenvalue weighted by Crippen LogP contribution is -2.32. The highest BCUT2D eigenvalue weighted by Crippen LogP contribution is 2.26. The van der Waals surface area contributed by atoms with Crippen molar-refractivity contribution in [1.29, 1.82) is 0 Å². The fourth-order valence-electron chi connectivity index (χ4n) is 1.41. The zero-order valence-electron chi connectivity index (χ0n) is 6.31. The van der Waals surface area contributed by atoms with Crippen LogP contribution in [-0.2, 0) is 4.74 Å². The second kappa shape index (κ2) is 2.89. The van der Waals surface area contributed by atoms with Gasteiger partial charge in [0.25, 0.3) is 0 Å². The molecule has 0 radical (unpaired) electrons. The molecule has 2 aliphatic rings. The van der Waals surface area contributed by atoms with E-state index in [4.69, 9.17) is 4.74 Å². The monoisotopic (exact) mass is 141 g/mol. The van der Waals surface area contributed by atoms with Gasteiger partial charge in [-0.2, -0.15) is 0 Å². The third-order valence-corrected chi connectivity index (χ3v) is 2.20. The van der Waals surface area contributed by atoms with Crippen molar-refractivity contribution in [2.24, 2.45) is 0 Å². The van der Waals surface area contributed by atoms with Gasteiger partial charge in [-0.3, -0.25) is 0 Å². The Kier molecular flexibility index (Phi) is 1.91. The van der Waals surface area contributed by atoms with E-state index in [2.05, 4.69) is 5.32 Å². The molecule has 58 valence electrons. The van der Waals surface area contributed by atoms with Gasteiger partial charge in [-0.25, -0.2) is 0 Å². The van der Waals surface area contributed by atoms with Crippen LogP contribution in [0.3, 0.4) is 0 Å². The molecule has 0 unspecified atom stereocenters. The van der Waals surface area contributed by atoms with E-state index in [9.17, 15) is 0 Å². The van der Waals surface area contributed by atoms with Gasteiger partial charge in [0.1, 0.15) is 0 Å². The molecule has 1 saturated carbocycles. The summed E-state index contributed by atoms with van der Waals surface area (Å²) in [5, 5.41) is 3.33. The molecule has 0 amide bonds. The highest BCUT2D eigenvalue weighted by atomic mass is 16.5. The van der Waals surface area contributed by atoms with Crippen LogP contribution in [0.5, 0.6) is 0 Å². The number of ether oxygens (including phenoxy) is 1. The molecule has 1 saturated heterocycles. The van der Waals surface area contributed by atoms with Crippen molar-refractivity contribution in [2.75, 3.05) is 13.1 Å². The smallest absolute Gasteiger partial charge is 0.0603 e. The van der Waals surface area contributed by atoms with Crippen LogP contribution in [0.25, 0.3) is 0 Å². The predicted molar refractivity (Wildman–Crippen MR) is 40.0 cm³/mol. The third kappa shape index (κ3) is 1.70. The average molecular weight is 141 g/mol. The van der Waals surface area contributed by atoms with E-state index in [1.807, 2.05) is 0 Å². The standard InChI is InChI=1S/C8H15NO/c1-2-7(1)10-8-3-5-9-6-4-8/h7-9H,1-6H2. The van der Waals surface area contributed by atoms with Gasteiger partial charge in [0.15, 0.2) is 0 Å². The molecule has 2 rings (SSSR count). The van der Waals surface area contributed by atoms with Gasteiger partial charge in [0.2, 0.25) is 0 Å². The summed E-state index contributed by atoms with van der Waals surface area (Å²) in [5.41, 5.74) is 0. The Balaban J connectivity index is 1.69. The summed E-state index contributed by atoms with van der Waals surface area (Å²) < 4.78 is 5.76. The first kappa shape index (κ1) is 6.62. The quantitative estimate of drug-likeness (QED) is 0.617. The SMILES string of the molecule is C1CC(OC2CC2)CCN1. The first-order chi connectivity index (χ1) is 4.95. The normalized spacial score (nSPS) is 28.8. The van der Waals surface area contributed by atoms with Gasteiger partial charge in [-0.15, -0.1) is 0 Å². The van der Waals surface area contributed by atoms with Crippen LogP contribution in [0.2, 0.25) is 0 Å². The first-order valence-corrected chi connectivity index (χ1v) is 4.31. The summed E-state index contributed by atoms with van der Waals surface area (Å²) in [6.07, 6.45) is 6.28. The maximum Gasteiger partial charge on any atom is 0.0603 e. The van der Waals surface area contributed by atoms with Crippen molar-refractivity contribution in [3.63, 3.8) is 0 Å². The van der Waals surface area contributed by atoms with E-state index >= 15 is 0 Å². The maximum absolute atomic E-state index is 5.76. The largest absolute Gasteiger partial charge is 0.375 e. The number of piperidine rings is 1. The van der Waals surface area contributed by atoms with Crippen LogP contribution in [0.15, 0.2) is 0 Å². The van der Waals surface area contributed by atoms with Crippen LogP contribution >= 0.6 is 0 Å². The lowest BCUT2D eigenvalue weighted by molar-refractivity contribution is 0.0208. The summed E-state index contributed by atoms with van der Waals surface area (Å²) >= 11 is 0. The maximum atomic E-state index is 5.76. The Bertz CT molecular complexity index is 106. The van der Waals surface area contributed by atoms with Crippen molar-refractivity contribution in [3.05, 3.63) is 0 Å². The Hall–Kier alpha value is -0.0800. The predicted octanol–water partition coefficient (Wildman–Crippen LogP) is 0.917. The van der Waals surface area contributed by atoms with Crippen LogP contribution < -0.4 is 5.32 Å². The second-order valence-corrected chi connectivity index (χ2v) is 3.28. The number of hydrogen-bond acceptors (Lipinski definition) is 2. The fourth-order valence-corrected chi connectivity index (χ4v) is 1.41. The lowest BCUT2D eigenvalue weighted by atomic mass is 10.1. The lowest BCUT2D eigenvalue weighted by Gasteiger charge is -2.22. The summed E-state index contributed by atoms with van der Waals surface area (Å²) in [5.74, 6) is 0. The minimum Gasteiger partial charge on any atom is -0.375 e. The summed E-state index contributed by atoms with van der Waals surface area (Å²) in [6.45, 7) is 2.30. The number of hydrogen-bond donors (Lipinski definition) is 1. The van der Waals surface area contributed by atoms with E-state index in [1.165, 1.54) is 25.7 Å². The Labute approximate surface area is 61.9 Å². The zero-order chi connectivity index (χ0) is 6.81. The van der Waals surface area contributed by atoms with Gasteiger partial charge < -0.3 is 10.1 Å². The van der Waals surface area contributed by atoms with Crippen LogP contribution in [0.1, 0.15) is 25.7 Å². The molecule has 1 aliphatic carbocycles. The Morgan fingerprint density at radius 3 is 2.10 bits per heavy atom. The minimum absolute atomic E-state index is 0.578. The van der Waals surface area contributed by atoms with Crippen molar-refractivity contribution in [2.45, 2.75) is 37.9 Å². The molecule has 10 heavy (non-hydrogen) atoms. The summed E-state index contributed by atoms with van der Waals surface area (Å²) in [7, 11) is 0. The molecule has 1 aliphatic heterocycles. The molecule has 2 nitrogen and oxygen atoms in total. The molecule has 0 aromatic heterocycles. The molecule has 1 heterocycles. The first-order valence-electron chi connectivity index (χ1n) is 4.31. The second-order valence-electron chi connectivity index (χ2n) is 3.28. The van der Waals surface area contributed by atoms with Gasteiger partial charge in [0, 0.05) is 0 Å². The molecular weight excluding hydrogens is 126 g/mol. The van der Waals surface area contributed by atoms with Crippen molar-refractivity contribution < 1.29 is 4.74 Å². The highest BCUT2D eigenvalue weighted by molar-refractivity contribution is 4.77. The van der Waals surface area contributed by atoms with Gasteiger partial charge in [0.05, 0.1) is 12.2 Å². The molecule has 2 heteroatoms. The van der Waals surface area contributed by atoms with E-state index in [0.717, 1.165) is 13.1 Å². The van der Waals surface area contributed by atoms with Crippen molar-refractivity contribution in [3.8, 4) is 0 Å². The van der Waals surface area contributed by atoms with Crippen molar-refractivity contribution in [1.82, 2.24) is 5.32 Å². The zero-order valence-corrected chi connectivity index (χ0v) is 6.31. The number of rotatable bonds is 2. The molecule has 0 spiro atoms. The molecule has 0 atom stereocenters. The van der Waals surface area contributed by atoms with E-state index in [1.54, 1.807) is 0 Å².